The van der Waals surface area contributed by atoms with Gasteiger partial charge in [0.25, 0.3) is 0 Å². The lowest BCUT2D eigenvalue weighted by Gasteiger charge is -2.15. The normalized spacial score (nSPS) is 24.2. The molecule has 0 N–H and O–H groups in total. The van der Waals surface area contributed by atoms with Gasteiger partial charge in [-0.3, -0.25) is 4.79 Å². The summed E-state index contributed by atoms with van der Waals surface area (Å²) in [6, 6.07) is 5.80. The van der Waals surface area contributed by atoms with Crippen molar-refractivity contribution in [2.45, 2.75) is 38.5 Å². The summed E-state index contributed by atoms with van der Waals surface area (Å²) < 4.78 is 10.6. The predicted octanol–water partition coefficient (Wildman–Crippen LogP) is 4.26. The van der Waals surface area contributed by atoms with Gasteiger partial charge in [0, 0.05) is 5.92 Å². The van der Waals surface area contributed by atoms with E-state index in [0.29, 0.717) is 23.2 Å². The molecule has 22 heavy (non-hydrogen) atoms. The van der Waals surface area contributed by atoms with Crippen molar-refractivity contribution >= 4 is 11.9 Å². The van der Waals surface area contributed by atoms with Crippen LogP contribution in [0.5, 0.6) is 11.5 Å². The van der Waals surface area contributed by atoms with Gasteiger partial charge in [-0.1, -0.05) is 18.9 Å². The molecule has 118 valence electrons. The molecule has 0 spiro atoms. The highest BCUT2D eigenvalue weighted by molar-refractivity contribution is 6.03. The molecule has 0 heterocycles. The number of carbonyl (C=O) groups is 1. The van der Waals surface area contributed by atoms with E-state index in [4.69, 9.17) is 9.47 Å². The standard InChI is InChI=1S/C19H24O3/c1-21-17-10-7-13(12-18(17)22-2)11-15-8-9-16(19(15)20)14-5-3-4-6-14/h7,10-12,14,16H,3-6,8-9H2,1-2H3/b15-11+/t16-/m1/s1. The maximum atomic E-state index is 12.7. The molecular weight excluding hydrogens is 276 g/mol. The van der Waals surface area contributed by atoms with E-state index in [-0.39, 0.29) is 5.92 Å². The summed E-state index contributed by atoms with van der Waals surface area (Å²) in [5, 5.41) is 0. The molecule has 0 radical (unpaired) electrons. The Morgan fingerprint density at radius 1 is 1.05 bits per heavy atom. The number of hydrogen-bond acceptors (Lipinski definition) is 3. The van der Waals surface area contributed by atoms with Gasteiger partial charge in [-0.2, -0.15) is 0 Å². The van der Waals surface area contributed by atoms with Crippen LogP contribution in [0.4, 0.5) is 0 Å². The Morgan fingerprint density at radius 2 is 1.77 bits per heavy atom. The van der Waals surface area contributed by atoms with E-state index in [1.807, 2.05) is 24.3 Å². The second kappa shape index (κ2) is 6.55. The van der Waals surface area contributed by atoms with Crippen LogP contribution in [0.15, 0.2) is 23.8 Å². The van der Waals surface area contributed by atoms with Gasteiger partial charge < -0.3 is 9.47 Å². The van der Waals surface area contributed by atoms with Crippen molar-refractivity contribution in [2.24, 2.45) is 11.8 Å². The van der Waals surface area contributed by atoms with E-state index in [2.05, 4.69) is 0 Å². The minimum atomic E-state index is 0.272. The topological polar surface area (TPSA) is 35.5 Å². The van der Waals surface area contributed by atoms with Crippen molar-refractivity contribution in [2.75, 3.05) is 14.2 Å². The van der Waals surface area contributed by atoms with Crippen LogP contribution in [0.25, 0.3) is 6.08 Å². The highest BCUT2D eigenvalue weighted by Gasteiger charge is 2.36. The SMILES string of the molecule is COc1ccc(/C=C2\CC[C@H](C3CCCC3)C2=O)cc1OC. The molecule has 1 aromatic carbocycles. The third-order valence-electron chi connectivity index (χ3n) is 5.10. The molecule has 2 saturated carbocycles. The number of ketones is 1. The number of methoxy groups -OCH3 is 2. The van der Waals surface area contributed by atoms with Gasteiger partial charge in [-0.25, -0.2) is 0 Å². The summed E-state index contributed by atoms with van der Waals surface area (Å²) in [5.74, 6) is 2.69. The molecule has 0 amide bonds. The lowest BCUT2D eigenvalue weighted by atomic mass is 9.88. The fourth-order valence-electron chi connectivity index (χ4n) is 3.90. The highest BCUT2D eigenvalue weighted by Crippen LogP contribution is 2.41. The van der Waals surface area contributed by atoms with Crippen LogP contribution in [-0.4, -0.2) is 20.0 Å². The maximum absolute atomic E-state index is 12.7. The number of ether oxygens (including phenoxy) is 2. The summed E-state index contributed by atoms with van der Waals surface area (Å²) in [5.41, 5.74) is 1.98. The molecule has 2 fully saturated rings. The average Bonchev–Trinajstić information content (AvgIpc) is 3.18. The van der Waals surface area contributed by atoms with Gasteiger partial charge in [0.1, 0.15) is 0 Å². The zero-order chi connectivity index (χ0) is 15.5. The Kier molecular flexibility index (Phi) is 4.51. The van der Waals surface area contributed by atoms with Crippen molar-refractivity contribution in [3.63, 3.8) is 0 Å². The Bertz CT molecular complexity index is 582. The Morgan fingerprint density at radius 3 is 2.45 bits per heavy atom. The summed E-state index contributed by atoms with van der Waals surface area (Å²) in [4.78, 5) is 12.7. The van der Waals surface area contributed by atoms with Crippen molar-refractivity contribution in [3.05, 3.63) is 29.3 Å². The summed E-state index contributed by atoms with van der Waals surface area (Å²) >= 11 is 0. The van der Waals surface area contributed by atoms with Crippen LogP contribution < -0.4 is 9.47 Å². The fraction of sp³-hybridized carbons (Fsp3) is 0.526. The predicted molar refractivity (Wildman–Crippen MR) is 87.2 cm³/mol. The Labute approximate surface area is 132 Å². The van der Waals surface area contributed by atoms with Gasteiger partial charge in [0.2, 0.25) is 0 Å². The smallest absolute Gasteiger partial charge is 0.162 e. The first kappa shape index (κ1) is 15.1. The summed E-state index contributed by atoms with van der Waals surface area (Å²) in [6.45, 7) is 0. The minimum absolute atomic E-state index is 0.272. The van der Waals surface area contributed by atoms with Gasteiger partial charge in [-0.05, 0) is 60.9 Å². The molecule has 2 aliphatic carbocycles. The molecule has 1 atom stereocenters. The van der Waals surface area contributed by atoms with E-state index >= 15 is 0 Å². The minimum Gasteiger partial charge on any atom is -0.493 e. The third-order valence-corrected chi connectivity index (χ3v) is 5.10. The van der Waals surface area contributed by atoms with Crippen molar-refractivity contribution < 1.29 is 14.3 Å². The molecule has 3 rings (SSSR count). The molecule has 0 unspecified atom stereocenters. The van der Waals surface area contributed by atoms with E-state index < -0.39 is 0 Å². The lowest BCUT2D eigenvalue weighted by molar-refractivity contribution is -0.119. The maximum Gasteiger partial charge on any atom is 0.162 e. The first-order chi connectivity index (χ1) is 10.7. The number of carbonyl (C=O) groups excluding carboxylic acids is 1. The van der Waals surface area contributed by atoms with Crippen molar-refractivity contribution in [1.82, 2.24) is 0 Å². The molecule has 0 saturated heterocycles. The van der Waals surface area contributed by atoms with Crippen LogP contribution in [0.2, 0.25) is 0 Å². The van der Waals surface area contributed by atoms with E-state index in [1.54, 1.807) is 14.2 Å². The van der Waals surface area contributed by atoms with Crippen LogP contribution in [0.3, 0.4) is 0 Å². The Balaban J connectivity index is 1.79. The summed E-state index contributed by atoms with van der Waals surface area (Å²) in [7, 11) is 3.26. The van der Waals surface area contributed by atoms with Crippen LogP contribution >= 0.6 is 0 Å². The molecule has 3 nitrogen and oxygen atoms in total. The average molecular weight is 300 g/mol. The first-order valence-corrected chi connectivity index (χ1v) is 8.19. The number of rotatable bonds is 4. The zero-order valence-corrected chi connectivity index (χ0v) is 13.4. The lowest BCUT2D eigenvalue weighted by Crippen LogP contribution is -2.16. The van der Waals surface area contributed by atoms with Gasteiger partial charge in [0.15, 0.2) is 17.3 Å². The summed E-state index contributed by atoms with van der Waals surface area (Å²) in [6.07, 6.45) is 9.03. The first-order valence-electron chi connectivity index (χ1n) is 8.19. The molecule has 3 heteroatoms. The molecule has 2 aliphatic rings. The number of hydrogen-bond donors (Lipinski definition) is 0. The monoisotopic (exact) mass is 300 g/mol. The molecule has 0 aromatic heterocycles. The second-order valence-electron chi connectivity index (χ2n) is 6.34. The van der Waals surface area contributed by atoms with Gasteiger partial charge in [0.05, 0.1) is 14.2 Å². The van der Waals surface area contributed by atoms with Crippen LogP contribution in [-0.2, 0) is 4.79 Å². The zero-order valence-electron chi connectivity index (χ0n) is 13.4. The highest BCUT2D eigenvalue weighted by atomic mass is 16.5. The Hall–Kier alpha value is -1.77. The largest absolute Gasteiger partial charge is 0.493 e. The van der Waals surface area contributed by atoms with Gasteiger partial charge >= 0.3 is 0 Å². The van der Waals surface area contributed by atoms with Crippen LogP contribution in [0.1, 0.15) is 44.1 Å². The molecule has 0 aliphatic heterocycles. The third kappa shape index (κ3) is 2.90. The molecule has 1 aromatic rings. The fourth-order valence-corrected chi connectivity index (χ4v) is 3.90. The van der Waals surface area contributed by atoms with Crippen molar-refractivity contribution in [3.8, 4) is 11.5 Å². The quantitative estimate of drug-likeness (QED) is 0.780. The van der Waals surface area contributed by atoms with Crippen molar-refractivity contribution in [1.29, 1.82) is 0 Å². The number of allylic oxidation sites excluding steroid dienone is 1. The van der Waals surface area contributed by atoms with E-state index in [0.717, 1.165) is 24.0 Å². The number of Topliss-reactive ketones (excluding diaryl/α,β-unsaturated/α-hetero) is 1. The van der Waals surface area contributed by atoms with E-state index in [1.165, 1.54) is 25.7 Å². The van der Waals surface area contributed by atoms with Crippen LogP contribution in [0, 0.1) is 11.8 Å². The second-order valence-corrected chi connectivity index (χ2v) is 6.34. The van der Waals surface area contributed by atoms with Gasteiger partial charge in [-0.15, -0.1) is 0 Å². The number of benzene rings is 1. The molecule has 0 bridgehead atoms. The van der Waals surface area contributed by atoms with E-state index in [9.17, 15) is 4.79 Å². The molecular formula is C19H24O3.